The lowest BCUT2D eigenvalue weighted by Crippen LogP contribution is -2.28. The van der Waals surface area contributed by atoms with E-state index in [0.717, 1.165) is 12.1 Å². The van der Waals surface area contributed by atoms with E-state index in [2.05, 4.69) is 5.32 Å². The van der Waals surface area contributed by atoms with Crippen molar-refractivity contribution in [1.29, 1.82) is 0 Å². The molecule has 0 spiro atoms. The minimum absolute atomic E-state index is 0.00448. The molecule has 0 unspecified atom stereocenters. The first-order valence-corrected chi connectivity index (χ1v) is 7.66. The Labute approximate surface area is 148 Å². The Morgan fingerprint density at radius 3 is 2.23 bits per heavy atom. The molecule has 8 heteroatoms. The second-order valence-corrected chi connectivity index (χ2v) is 5.17. The zero-order valence-electron chi connectivity index (χ0n) is 14.2. The summed E-state index contributed by atoms with van der Waals surface area (Å²) in [6.07, 6.45) is -4.44. The second kappa shape index (κ2) is 8.46. The highest BCUT2D eigenvalue weighted by atomic mass is 19.4. The van der Waals surface area contributed by atoms with E-state index in [1.54, 1.807) is 18.2 Å². The predicted molar refractivity (Wildman–Crippen MR) is 88.8 cm³/mol. The summed E-state index contributed by atoms with van der Waals surface area (Å²) in [5.41, 5.74) is -0.561. The molecule has 0 atom stereocenters. The van der Waals surface area contributed by atoms with E-state index in [4.69, 9.17) is 14.2 Å². The zero-order valence-corrected chi connectivity index (χ0v) is 14.2. The van der Waals surface area contributed by atoms with E-state index in [0.29, 0.717) is 11.5 Å². The van der Waals surface area contributed by atoms with Crippen LogP contribution in [0.2, 0.25) is 0 Å². The van der Waals surface area contributed by atoms with E-state index in [1.807, 2.05) is 0 Å². The van der Waals surface area contributed by atoms with Crippen molar-refractivity contribution < 1.29 is 32.2 Å². The minimum atomic E-state index is -4.44. The molecule has 140 valence electrons. The summed E-state index contributed by atoms with van der Waals surface area (Å²) in [4.78, 5) is 12.3. The smallest absolute Gasteiger partial charge is 0.416 e. The summed E-state index contributed by atoms with van der Waals surface area (Å²) in [5.74, 6) is 0.331. The molecule has 0 heterocycles. The van der Waals surface area contributed by atoms with E-state index in [1.165, 1.54) is 26.4 Å². The van der Waals surface area contributed by atoms with Gasteiger partial charge in [-0.15, -0.1) is 0 Å². The number of hydrogen-bond acceptors (Lipinski definition) is 4. The monoisotopic (exact) mass is 369 g/mol. The average molecular weight is 369 g/mol. The molecule has 5 nitrogen and oxygen atoms in total. The van der Waals surface area contributed by atoms with Gasteiger partial charge in [-0.25, -0.2) is 0 Å². The largest absolute Gasteiger partial charge is 0.496 e. The van der Waals surface area contributed by atoms with Crippen molar-refractivity contribution in [3.05, 3.63) is 53.6 Å². The van der Waals surface area contributed by atoms with Crippen LogP contribution < -0.4 is 19.5 Å². The van der Waals surface area contributed by atoms with Crippen LogP contribution in [0.5, 0.6) is 17.2 Å². The van der Waals surface area contributed by atoms with Gasteiger partial charge in [0.2, 0.25) is 0 Å². The van der Waals surface area contributed by atoms with E-state index in [9.17, 15) is 18.0 Å². The molecule has 0 fully saturated rings. The van der Waals surface area contributed by atoms with Crippen molar-refractivity contribution in [2.24, 2.45) is 0 Å². The molecule has 0 aliphatic rings. The lowest BCUT2D eigenvalue weighted by atomic mass is 10.1. The third kappa shape index (κ3) is 4.81. The van der Waals surface area contributed by atoms with Gasteiger partial charge in [-0.2, -0.15) is 13.2 Å². The topological polar surface area (TPSA) is 56.8 Å². The number of ether oxygens (including phenoxy) is 3. The molecule has 1 amide bonds. The lowest BCUT2D eigenvalue weighted by molar-refractivity contribution is -0.137. The number of halogens is 3. The second-order valence-electron chi connectivity index (χ2n) is 5.17. The van der Waals surface area contributed by atoms with Crippen LogP contribution in [0.4, 0.5) is 13.2 Å². The first kappa shape index (κ1) is 19.4. The fraction of sp³-hybridized carbons (Fsp3) is 0.278. The van der Waals surface area contributed by atoms with Crippen molar-refractivity contribution >= 4 is 5.91 Å². The van der Waals surface area contributed by atoms with Crippen LogP contribution in [0.25, 0.3) is 0 Å². The zero-order chi connectivity index (χ0) is 19.2. The first-order valence-electron chi connectivity index (χ1n) is 7.66. The molecule has 0 aliphatic carbocycles. The maximum absolute atomic E-state index is 12.7. The molecular weight excluding hydrogens is 351 g/mol. The Hall–Kier alpha value is -2.90. The van der Waals surface area contributed by atoms with Crippen molar-refractivity contribution in [3.8, 4) is 17.2 Å². The molecule has 0 aliphatic heterocycles. The van der Waals surface area contributed by atoms with Crippen LogP contribution >= 0.6 is 0 Å². The first-order chi connectivity index (χ1) is 12.4. The van der Waals surface area contributed by atoms with Crippen LogP contribution in [-0.4, -0.2) is 33.3 Å². The van der Waals surface area contributed by atoms with Crippen molar-refractivity contribution in [2.45, 2.75) is 6.18 Å². The van der Waals surface area contributed by atoms with E-state index >= 15 is 0 Å². The fourth-order valence-corrected chi connectivity index (χ4v) is 2.26. The number of rotatable bonds is 7. The van der Waals surface area contributed by atoms with Gasteiger partial charge in [0.25, 0.3) is 5.91 Å². The Balaban J connectivity index is 1.94. The summed E-state index contributed by atoms with van der Waals surface area (Å²) in [5, 5.41) is 2.62. The molecule has 0 saturated carbocycles. The van der Waals surface area contributed by atoms with E-state index < -0.39 is 17.6 Å². The quantitative estimate of drug-likeness (QED) is 0.759. The average Bonchev–Trinajstić information content (AvgIpc) is 2.63. The summed E-state index contributed by atoms with van der Waals surface area (Å²) >= 11 is 0. The summed E-state index contributed by atoms with van der Waals surface area (Å²) in [6, 6.07) is 9.47. The molecule has 2 rings (SSSR count). The van der Waals surface area contributed by atoms with Crippen LogP contribution in [0, 0.1) is 0 Å². The molecule has 1 N–H and O–H groups in total. The molecule has 26 heavy (non-hydrogen) atoms. The highest BCUT2D eigenvalue weighted by Crippen LogP contribution is 2.31. The molecule has 2 aromatic rings. The maximum atomic E-state index is 12.7. The fourth-order valence-electron chi connectivity index (χ4n) is 2.26. The number of hydrogen-bond donors (Lipinski definition) is 1. The number of carbonyl (C=O) groups is 1. The third-order valence-corrected chi connectivity index (χ3v) is 3.47. The van der Waals surface area contributed by atoms with Crippen LogP contribution in [0.1, 0.15) is 15.9 Å². The van der Waals surface area contributed by atoms with Crippen molar-refractivity contribution in [2.75, 3.05) is 27.4 Å². The highest BCUT2D eigenvalue weighted by Gasteiger charge is 2.30. The Morgan fingerprint density at radius 1 is 1.04 bits per heavy atom. The van der Waals surface area contributed by atoms with Gasteiger partial charge in [0, 0.05) is 0 Å². The molecule has 0 bridgehead atoms. The van der Waals surface area contributed by atoms with Gasteiger partial charge in [0.05, 0.1) is 26.3 Å². The normalized spacial score (nSPS) is 11.0. The molecular formula is C18H18F3NO4. The number of methoxy groups -OCH3 is 2. The van der Waals surface area contributed by atoms with Gasteiger partial charge in [0.1, 0.15) is 29.4 Å². The van der Waals surface area contributed by atoms with Gasteiger partial charge in [-0.3, -0.25) is 4.79 Å². The van der Waals surface area contributed by atoms with Gasteiger partial charge < -0.3 is 19.5 Å². The maximum Gasteiger partial charge on any atom is 0.416 e. The highest BCUT2D eigenvalue weighted by molar-refractivity contribution is 5.99. The van der Waals surface area contributed by atoms with E-state index in [-0.39, 0.29) is 24.5 Å². The number of alkyl halides is 3. The SMILES string of the molecule is COc1cccc(OC)c1C(=O)NCCOc1cccc(C(F)(F)F)c1. The standard InChI is InChI=1S/C18H18F3NO4/c1-24-14-7-4-8-15(25-2)16(14)17(23)22-9-10-26-13-6-3-5-12(11-13)18(19,20)21/h3-8,11H,9-10H2,1-2H3,(H,22,23). The van der Waals surface area contributed by atoms with Crippen LogP contribution in [0.3, 0.4) is 0 Å². The van der Waals surface area contributed by atoms with Gasteiger partial charge >= 0.3 is 6.18 Å². The van der Waals surface area contributed by atoms with Crippen LogP contribution in [-0.2, 0) is 6.18 Å². The Bertz CT molecular complexity index is 740. The van der Waals surface area contributed by atoms with Crippen molar-refractivity contribution in [3.63, 3.8) is 0 Å². The number of carbonyl (C=O) groups excluding carboxylic acids is 1. The molecule has 0 saturated heterocycles. The molecule has 2 aromatic carbocycles. The van der Waals surface area contributed by atoms with Gasteiger partial charge in [-0.05, 0) is 30.3 Å². The minimum Gasteiger partial charge on any atom is -0.496 e. The summed E-state index contributed by atoms with van der Waals surface area (Å²) < 4.78 is 53.5. The van der Waals surface area contributed by atoms with Gasteiger partial charge in [0.15, 0.2) is 0 Å². The summed E-state index contributed by atoms with van der Waals surface area (Å²) in [6.45, 7) is 0.0980. The lowest BCUT2D eigenvalue weighted by Gasteiger charge is -2.13. The van der Waals surface area contributed by atoms with Gasteiger partial charge in [-0.1, -0.05) is 12.1 Å². The molecule has 0 aromatic heterocycles. The molecule has 0 radical (unpaired) electrons. The van der Waals surface area contributed by atoms with Crippen molar-refractivity contribution in [1.82, 2.24) is 5.32 Å². The Kier molecular flexibility index (Phi) is 6.32. The van der Waals surface area contributed by atoms with Crippen LogP contribution in [0.15, 0.2) is 42.5 Å². The predicted octanol–water partition coefficient (Wildman–Crippen LogP) is 3.53. The number of amides is 1. The third-order valence-electron chi connectivity index (χ3n) is 3.47. The summed E-state index contributed by atoms with van der Waals surface area (Å²) in [7, 11) is 2.87. The number of benzene rings is 2. The Morgan fingerprint density at radius 2 is 1.65 bits per heavy atom. The number of nitrogens with one attached hydrogen (secondary N) is 1.